The summed E-state index contributed by atoms with van der Waals surface area (Å²) in [5.41, 5.74) is 12.7. The van der Waals surface area contributed by atoms with Crippen LogP contribution in [0.5, 0.6) is 0 Å². The van der Waals surface area contributed by atoms with Gasteiger partial charge in [0.25, 0.3) is 0 Å². The second-order valence-corrected chi connectivity index (χ2v) is 14.1. The fourth-order valence-corrected chi connectivity index (χ4v) is 8.87. The molecule has 220 valence electrons. The molecule has 9 rings (SSSR count). The van der Waals surface area contributed by atoms with Gasteiger partial charge in [-0.3, -0.25) is 0 Å². The summed E-state index contributed by atoms with van der Waals surface area (Å²) in [6.45, 7) is 7.03. The van der Waals surface area contributed by atoms with Crippen LogP contribution in [0.2, 0.25) is 0 Å². The van der Waals surface area contributed by atoms with Gasteiger partial charge in [0.15, 0.2) is 0 Å². The zero-order valence-electron chi connectivity index (χ0n) is 26.2. The molecule has 1 aliphatic rings. The van der Waals surface area contributed by atoms with Gasteiger partial charge < -0.3 is 4.90 Å². The van der Waals surface area contributed by atoms with Gasteiger partial charge in [0, 0.05) is 32.3 Å². The van der Waals surface area contributed by atoms with Crippen molar-refractivity contribution in [2.24, 2.45) is 0 Å². The Labute approximate surface area is 274 Å². The molecule has 0 spiro atoms. The lowest BCUT2D eigenvalue weighted by Crippen LogP contribution is -2.17. The number of anilines is 3. The first-order valence-corrected chi connectivity index (χ1v) is 16.8. The van der Waals surface area contributed by atoms with E-state index in [2.05, 4.69) is 171 Å². The molecule has 0 saturated heterocycles. The SMILES string of the molecule is Cc1cc2c(c3ccccc13)-c1ccc(N(c3ccc(-c4ccccc4)cc3)c3cccc4c3sc3ccccc34)cc1C2(C)C. The monoisotopic (exact) mass is 607 g/mol. The predicted molar refractivity (Wildman–Crippen MR) is 199 cm³/mol. The number of hydrogen-bond acceptors (Lipinski definition) is 2. The van der Waals surface area contributed by atoms with Gasteiger partial charge in [-0.05, 0) is 93.0 Å². The third kappa shape index (κ3) is 4.00. The minimum absolute atomic E-state index is 0.123. The molecule has 0 amide bonds. The van der Waals surface area contributed by atoms with E-state index in [-0.39, 0.29) is 5.41 Å². The fourth-order valence-electron chi connectivity index (χ4n) is 7.66. The van der Waals surface area contributed by atoms with E-state index < -0.39 is 0 Å². The van der Waals surface area contributed by atoms with Crippen LogP contribution in [0.25, 0.3) is 53.2 Å². The molecule has 1 aromatic heterocycles. The molecule has 1 heterocycles. The lowest BCUT2D eigenvalue weighted by molar-refractivity contribution is 0.660. The standard InChI is InChI=1S/C44H33NS/c1-28-26-39-42(35-16-8-7-14-33(28)35)37-25-24-32(27-38(37)44(39,2)3)45(31-22-20-30(21-23-31)29-12-5-4-6-13-29)40-18-11-17-36-34-15-9-10-19-41(34)46-43(36)40/h4-27H,1-3H3. The number of hydrogen-bond donors (Lipinski definition) is 0. The largest absolute Gasteiger partial charge is 0.309 e. The van der Waals surface area contributed by atoms with E-state index in [9.17, 15) is 0 Å². The van der Waals surface area contributed by atoms with Crippen LogP contribution in [0.1, 0.15) is 30.5 Å². The van der Waals surface area contributed by atoms with E-state index in [4.69, 9.17) is 0 Å². The summed E-state index contributed by atoms with van der Waals surface area (Å²) in [6.07, 6.45) is 0. The number of aryl methyl sites for hydroxylation is 1. The van der Waals surface area contributed by atoms with Crippen LogP contribution in [0.4, 0.5) is 17.1 Å². The summed E-state index contributed by atoms with van der Waals surface area (Å²) >= 11 is 1.88. The van der Waals surface area contributed by atoms with Crippen LogP contribution in [0.3, 0.4) is 0 Å². The molecule has 0 aliphatic heterocycles. The molecule has 2 heteroatoms. The van der Waals surface area contributed by atoms with E-state index in [0.29, 0.717) is 0 Å². The van der Waals surface area contributed by atoms with Gasteiger partial charge in [-0.2, -0.15) is 0 Å². The van der Waals surface area contributed by atoms with Crippen molar-refractivity contribution >= 4 is 59.3 Å². The number of benzene rings is 7. The number of fused-ring (bicyclic) bond motifs is 8. The van der Waals surface area contributed by atoms with E-state index in [1.165, 1.54) is 81.3 Å². The number of nitrogens with zero attached hydrogens (tertiary/aromatic N) is 1. The summed E-state index contributed by atoms with van der Waals surface area (Å²) in [5, 5.41) is 5.31. The molecule has 0 unspecified atom stereocenters. The maximum atomic E-state index is 2.47. The van der Waals surface area contributed by atoms with Crippen molar-refractivity contribution in [3.8, 4) is 22.3 Å². The van der Waals surface area contributed by atoms with Crippen molar-refractivity contribution in [3.63, 3.8) is 0 Å². The highest BCUT2D eigenvalue weighted by molar-refractivity contribution is 7.26. The maximum Gasteiger partial charge on any atom is 0.0640 e. The Balaban J connectivity index is 1.27. The molecule has 46 heavy (non-hydrogen) atoms. The molecular formula is C44H33NS. The first kappa shape index (κ1) is 27.2. The van der Waals surface area contributed by atoms with Gasteiger partial charge in [0.1, 0.15) is 0 Å². The van der Waals surface area contributed by atoms with Crippen LogP contribution < -0.4 is 4.90 Å². The van der Waals surface area contributed by atoms with Crippen LogP contribution in [0.15, 0.2) is 146 Å². The summed E-state index contributed by atoms with van der Waals surface area (Å²) in [5.74, 6) is 0. The van der Waals surface area contributed by atoms with Crippen LogP contribution >= 0.6 is 11.3 Å². The number of rotatable bonds is 4. The van der Waals surface area contributed by atoms with E-state index in [1.807, 2.05) is 11.3 Å². The summed E-state index contributed by atoms with van der Waals surface area (Å²) in [7, 11) is 0. The average Bonchev–Trinajstić information content (AvgIpc) is 3.58. The van der Waals surface area contributed by atoms with Crippen molar-refractivity contribution in [1.82, 2.24) is 0 Å². The predicted octanol–water partition coefficient (Wildman–Crippen LogP) is 13.0. The minimum Gasteiger partial charge on any atom is -0.309 e. The van der Waals surface area contributed by atoms with Crippen LogP contribution in [-0.4, -0.2) is 0 Å². The molecule has 0 bridgehead atoms. The molecule has 0 saturated carbocycles. The molecule has 7 aromatic carbocycles. The quantitative estimate of drug-likeness (QED) is 0.192. The first-order chi connectivity index (χ1) is 22.5. The Morgan fingerprint density at radius 3 is 1.98 bits per heavy atom. The van der Waals surface area contributed by atoms with Gasteiger partial charge in [0.05, 0.1) is 10.4 Å². The van der Waals surface area contributed by atoms with Crippen molar-refractivity contribution < 1.29 is 0 Å². The second kappa shape index (κ2) is 10.2. The lowest BCUT2D eigenvalue weighted by Gasteiger charge is -2.28. The topological polar surface area (TPSA) is 3.24 Å². The molecular weight excluding hydrogens is 575 g/mol. The van der Waals surface area contributed by atoms with E-state index >= 15 is 0 Å². The Morgan fingerprint density at radius 2 is 1.17 bits per heavy atom. The maximum absolute atomic E-state index is 2.47. The van der Waals surface area contributed by atoms with Gasteiger partial charge in [-0.25, -0.2) is 0 Å². The second-order valence-electron chi connectivity index (χ2n) is 13.0. The van der Waals surface area contributed by atoms with Gasteiger partial charge in [-0.15, -0.1) is 11.3 Å². The van der Waals surface area contributed by atoms with Crippen LogP contribution in [0, 0.1) is 6.92 Å². The Kier molecular flexibility index (Phi) is 6.00. The summed E-state index contributed by atoms with van der Waals surface area (Å²) in [4.78, 5) is 2.47. The lowest BCUT2D eigenvalue weighted by atomic mass is 9.81. The molecule has 0 fully saturated rings. The Hall–Kier alpha value is -5.18. The molecule has 0 atom stereocenters. The average molecular weight is 608 g/mol. The van der Waals surface area contributed by atoms with E-state index in [0.717, 1.165) is 5.69 Å². The fraction of sp³-hybridized carbons (Fsp3) is 0.0909. The highest BCUT2D eigenvalue weighted by Crippen LogP contribution is 2.54. The summed E-state index contributed by atoms with van der Waals surface area (Å²) in [6, 6.07) is 53.7. The highest BCUT2D eigenvalue weighted by Gasteiger charge is 2.37. The zero-order valence-corrected chi connectivity index (χ0v) is 27.0. The van der Waals surface area contributed by atoms with Crippen molar-refractivity contribution in [2.75, 3.05) is 4.90 Å². The number of thiophene rings is 1. The molecule has 0 radical (unpaired) electrons. The Morgan fingerprint density at radius 1 is 0.522 bits per heavy atom. The third-order valence-corrected chi connectivity index (χ3v) is 11.2. The molecule has 1 nitrogen and oxygen atoms in total. The molecule has 8 aromatic rings. The smallest absolute Gasteiger partial charge is 0.0640 e. The van der Waals surface area contributed by atoms with Gasteiger partial charge in [0.2, 0.25) is 0 Å². The third-order valence-electron chi connectivity index (χ3n) is 9.99. The molecule has 1 aliphatic carbocycles. The van der Waals surface area contributed by atoms with Crippen molar-refractivity contribution in [2.45, 2.75) is 26.2 Å². The van der Waals surface area contributed by atoms with Crippen molar-refractivity contribution in [1.29, 1.82) is 0 Å². The van der Waals surface area contributed by atoms with Crippen molar-refractivity contribution in [3.05, 3.63) is 162 Å². The van der Waals surface area contributed by atoms with Gasteiger partial charge >= 0.3 is 0 Å². The Bertz CT molecular complexity index is 2450. The van der Waals surface area contributed by atoms with Gasteiger partial charge in [-0.1, -0.05) is 123 Å². The summed E-state index contributed by atoms with van der Waals surface area (Å²) < 4.78 is 2.62. The van der Waals surface area contributed by atoms with Crippen LogP contribution in [-0.2, 0) is 5.41 Å². The normalized spacial score (nSPS) is 13.3. The van der Waals surface area contributed by atoms with E-state index in [1.54, 1.807) is 0 Å². The zero-order chi connectivity index (χ0) is 31.0. The first-order valence-electron chi connectivity index (χ1n) is 16.0. The minimum atomic E-state index is -0.123. The molecule has 0 N–H and O–H groups in total. The highest BCUT2D eigenvalue weighted by atomic mass is 32.1.